The number of hydrogen-bond acceptors (Lipinski definition) is 4. The van der Waals surface area contributed by atoms with E-state index >= 15 is 0 Å². The van der Waals surface area contributed by atoms with E-state index in [1.807, 2.05) is 0 Å². The lowest BCUT2D eigenvalue weighted by molar-refractivity contribution is -0.170. The molecule has 0 spiro atoms. The van der Waals surface area contributed by atoms with E-state index in [0.717, 1.165) is 0 Å². The molecule has 0 bridgehead atoms. The summed E-state index contributed by atoms with van der Waals surface area (Å²) in [5.41, 5.74) is -1.26. The van der Waals surface area contributed by atoms with Gasteiger partial charge in [0.2, 0.25) is 0 Å². The maximum Gasteiger partial charge on any atom is 0.324 e. The Morgan fingerprint density at radius 2 is 1.71 bits per heavy atom. The first-order valence-electron chi connectivity index (χ1n) is 5.60. The van der Waals surface area contributed by atoms with Gasteiger partial charge in [0.1, 0.15) is 0 Å². The van der Waals surface area contributed by atoms with Crippen LogP contribution in [0, 0.1) is 5.41 Å². The average Bonchev–Trinajstić information content (AvgIpc) is 2.31. The van der Waals surface area contributed by atoms with Crippen LogP contribution in [0.5, 0.6) is 0 Å². The molecule has 0 fully saturated rings. The molecular weight excluding hydrogens is 288 g/mol. The number of carbonyl (C=O) groups excluding carboxylic acids is 2. The van der Waals surface area contributed by atoms with Gasteiger partial charge >= 0.3 is 11.9 Å². The number of carbonyl (C=O) groups is 2. The van der Waals surface area contributed by atoms with Crippen molar-refractivity contribution in [1.82, 2.24) is 0 Å². The molecule has 0 atom stereocenters. The van der Waals surface area contributed by atoms with Crippen LogP contribution >= 0.6 is 15.9 Å². The summed E-state index contributed by atoms with van der Waals surface area (Å²) in [6, 6.07) is 0. The molecule has 0 aromatic carbocycles. The van der Waals surface area contributed by atoms with Crippen LogP contribution < -0.4 is 0 Å². The van der Waals surface area contributed by atoms with E-state index in [4.69, 9.17) is 9.47 Å². The first-order chi connectivity index (χ1) is 8.08. The Hall–Kier alpha value is -0.840. The van der Waals surface area contributed by atoms with Gasteiger partial charge in [-0.05, 0) is 26.7 Å². The van der Waals surface area contributed by atoms with Crippen LogP contribution in [0.2, 0.25) is 0 Å². The third-order valence-electron chi connectivity index (χ3n) is 2.34. The van der Waals surface area contributed by atoms with E-state index in [1.54, 1.807) is 19.9 Å². The molecule has 0 aromatic heterocycles. The Morgan fingerprint density at radius 1 is 1.24 bits per heavy atom. The Bertz CT molecular complexity index is 258. The monoisotopic (exact) mass is 306 g/mol. The fourth-order valence-electron chi connectivity index (χ4n) is 1.35. The van der Waals surface area contributed by atoms with E-state index in [0.29, 0.717) is 12.8 Å². The maximum absolute atomic E-state index is 11.9. The summed E-state index contributed by atoms with van der Waals surface area (Å²) in [5, 5.41) is 0.186. The molecular formula is C12H19BrO4. The highest BCUT2D eigenvalue weighted by Crippen LogP contribution is 2.30. The molecule has 0 heterocycles. The molecule has 0 aromatic rings. The van der Waals surface area contributed by atoms with E-state index < -0.39 is 17.4 Å². The van der Waals surface area contributed by atoms with Crippen molar-refractivity contribution in [2.75, 3.05) is 18.5 Å². The van der Waals surface area contributed by atoms with Gasteiger partial charge in [-0.25, -0.2) is 0 Å². The predicted molar refractivity (Wildman–Crippen MR) is 68.9 cm³/mol. The number of halogens is 1. The lowest BCUT2D eigenvalue weighted by atomic mass is 9.85. The normalized spacial score (nSPS) is 10.8. The van der Waals surface area contributed by atoms with E-state index in [-0.39, 0.29) is 18.5 Å². The third-order valence-corrected chi connectivity index (χ3v) is 3.29. The molecule has 0 aliphatic heterocycles. The second-order valence-corrected chi connectivity index (χ2v) is 4.04. The molecule has 0 radical (unpaired) electrons. The number of ether oxygens (including phenoxy) is 2. The Kier molecular flexibility index (Phi) is 7.87. The topological polar surface area (TPSA) is 52.6 Å². The lowest BCUT2D eigenvalue weighted by Gasteiger charge is -2.26. The highest BCUT2D eigenvalue weighted by Gasteiger charge is 2.47. The van der Waals surface area contributed by atoms with Gasteiger partial charge in [0.05, 0.1) is 13.2 Å². The van der Waals surface area contributed by atoms with Crippen LogP contribution in [-0.4, -0.2) is 30.5 Å². The molecule has 0 saturated carbocycles. The van der Waals surface area contributed by atoms with Gasteiger partial charge in [-0.3, -0.25) is 9.59 Å². The Morgan fingerprint density at radius 3 is 2.00 bits per heavy atom. The molecule has 0 amide bonds. The lowest BCUT2D eigenvalue weighted by Crippen LogP contribution is -2.43. The van der Waals surface area contributed by atoms with Gasteiger partial charge in [0, 0.05) is 5.33 Å². The van der Waals surface area contributed by atoms with Crippen molar-refractivity contribution in [2.24, 2.45) is 5.41 Å². The van der Waals surface area contributed by atoms with Gasteiger partial charge in [0.25, 0.3) is 0 Å². The summed E-state index contributed by atoms with van der Waals surface area (Å²) in [6.07, 6.45) is 2.54. The molecule has 17 heavy (non-hydrogen) atoms. The molecule has 98 valence electrons. The van der Waals surface area contributed by atoms with Crippen molar-refractivity contribution in [3.63, 3.8) is 0 Å². The predicted octanol–water partition coefficient (Wildman–Crippen LogP) is 2.46. The SMILES string of the molecule is C=CCCC(CBr)(C(=O)OCC)C(=O)OCC. The molecule has 0 unspecified atom stereocenters. The zero-order chi connectivity index (χ0) is 13.3. The van der Waals surface area contributed by atoms with Gasteiger partial charge in [0.15, 0.2) is 5.41 Å². The zero-order valence-electron chi connectivity index (χ0n) is 10.3. The van der Waals surface area contributed by atoms with Gasteiger partial charge < -0.3 is 9.47 Å². The first-order valence-corrected chi connectivity index (χ1v) is 6.72. The van der Waals surface area contributed by atoms with Crippen molar-refractivity contribution < 1.29 is 19.1 Å². The number of allylic oxidation sites excluding steroid dienone is 1. The number of rotatable bonds is 8. The Labute approximate surface area is 110 Å². The van der Waals surface area contributed by atoms with E-state index in [9.17, 15) is 9.59 Å². The van der Waals surface area contributed by atoms with Crippen LogP contribution in [-0.2, 0) is 19.1 Å². The molecule has 0 N–H and O–H groups in total. The molecule has 0 saturated heterocycles. The van der Waals surface area contributed by atoms with Crippen LogP contribution in [0.15, 0.2) is 12.7 Å². The summed E-state index contributed by atoms with van der Waals surface area (Å²) >= 11 is 3.21. The standard InChI is InChI=1S/C12H19BrO4/c1-4-7-8-12(9-13,10(14)16-5-2)11(15)17-6-3/h4H,1,5-9H2,2-3H3. The highest BCUT2D eigenvalue weighted by molar-refractivity contribution is 9.09. The van der Waals surface area contributed by atoms with Gasteiger partial charge in [-0.15, -0.1) is 6.58 Å². The van der Waals surface area contributed by atoms with Gasteiger partial charge in [-0.2, -0.15) is 0 Å². The van der Waals surface area contributed by atoms with Crippen molar-refractivity contribution in [1.29, 1.82) is 0 Å². The fraction of sp³-hybridized carbons (Fsp3) is 0.667. The van der Waals surface area contributed by atoms with Crippen LogP contribution in [0.4, 0.5) is 0 Å². The summed E-state index contributed by atoms with van der Waals surface area (Å²) in [4.78, 5) is 23.9. The van der Waals surface area contributed by atoms with Crippen LogP contribution in [0.25, 0.3) is 0 Å². The summed E-state index contributed by atoms with van der Waals surface area (Å²) in [6.45, 7) is 7.47. The minimum atomic E-state index is -1.26. The minimum Gasteiger partial charge on any atom is -0.465 e. The molecule has 0 aliphatic rings. The molecule has 0 aliphatic carbocycles. The quantitative estimate of drug-likeness (QED) is 0.299. The summed E-state index contributed by atoms with van der Waals surface area (Å²) in [5.74, 6) is -1.09. The maximum atomic E-state index is 11.9. The molecule has 5 heteroatoms. The Balaban J connectivity index is 5.04. The minimum absolute atomic E-state index is 0.186. The summed E-state index contributed by atoms with van der Waals surface area (Å²) < 4.78 is 9.92. The van der Waals surface area contributed by atoms with Crippen LogP contribution in [0.3, 0.4) is 0 Å². The second kappa shape index (κ2) is 8.28. The second-order valence-electron chi connectivity index (χ2n) is 3.48. The van der Waals surface area contributed by atoms with Crippen molar-refractivity contribution >= 4 is 27.9 Å². The van der Waals surface area contributed by atoms with Crippen molar-refractivity contribution in [3.05, 3.63) is 12.7 Å². The summed E-state index contributed by atoms with van der Waals surface area (Å²) in [7, 11) is 0. The largest absolute Gasteiger partial charge is 0.465 e. The van der Waals surface area contributed by atoms with Crippen LogP contribution in [0.1, 0.15) is 26.7 Å². The number of alkyl halides is 1. The molecule has 0 rings (SSSR count). The van der Waals surface area contributed by atoms with Crippen molar-refractivity contribution in [3.8, 4) is 0 Å². The van der Waals surface area contributed by atoms with E-state index in [1.165, 1.54) is 0 Å². The van der Waals surface area contributed by atoms with Gasteiger partial charge in [-0.1, -0.05) is 22.0 Å². The smallest absolute Gasteiger partial charge is 0.324 e. The average molecular weight is 307 g/mol. The zero-order valence-corrected chi connectivity index (χ0v) is 11.9. The highest BCUT2D eigenvalue weighted by atomic mass is 79.9. The third kappa shape index (κ3) is 4.15. The fourth-order valence-corrected chi connectivity index (χ4v) is 2.09. The number of esters is 2. The first kappa shape index (κ1) is 16.2. The van der Waals surface area contributed by atoms with E-state index in [2.05, 4.69) is 22.5 Å². The number of hydrogen-bond donors (Lipinski definition) is 0. The van der Waals surface area contributed by atoms with Crippen molar-refractivity contribution in [2.45, 2.75) is 26.7 Å². The molecule has 4 nitrogen and oxygen atoms in total.